The summed E-state index contributed by atoms with van der Waals surface area (Å²) < 4.78 is 22.8. The summed E-state index contributed by atoms with van der Waals surface area (Å²) in [6.07, 6.45) is 4.51. The number of rotatable bonds is 2. The van der Waals surface area contributed by atoms with Crippen LogP contribution in [0.3, 0.4) is 0 Å². The van der Waals surface area contributed by atoms with Gasteiger partial charge in [0.15, 0.2) is 12.0 Å². The van der Waals surface area contributed by atoms with E-state index in [-0.39, 0.29) is 12.0 Å². The second kappa shape index (κ2) is 6.81. The summed E-state index contributed by atoms with van der Waals surface area (Å²) in [5.74, 6) is 3.03. The van der Waals surface area contributed by atoms with Crippen molar-refractivity contribution in [3.8, 4) is 11.5 Å². The van der Waals surface area contributed by atoms with Crippen LogP contribution in [-0.2, 0) is 4.74 Å². The highest BCUT2D eigenvalue weighted by molar-refractivity contribution is 6.83. The lowest BCUT2D eigenvalue weighted by Crippen LogP contribution is -2.20. The van der Waals surface area contributed by atoms with Gasteiger partial charge in [0.05, 0.1) is 11.9 Å². The number of hydrogen-bond donors (Lipinski definition) is 0. The Balaban J connectivity index is 2.21. The summed E-state index contributed by atoms with van der Waals surface area (Å²) in [6.45, 7) is 7.30. The molecule has 0 bridgehead atoms. The summed E-state index contributed by atoms with van der Waals surface area (Å²) in [6, 6.07) is 1.83. The van der Waals surface area contributed by atoms with Gasteiger partial charge < -0.3 is 9.64 Å². The molecule has 1 fully saturated rings. The van der Waals surface area contributed by atoms with Crippen molar-refractivity contribution in [2.45, 2.75) is 45.1 Å². The van der Waals surface area contributed by atoms with Crippen LogP contribution >= 0.6 is 0 Å². The minimum Gasteiger partial charge on any atom is -0.375 e. The lowest BCUT2D eigenvalue weighted by molar-refractivity contribution is -0.0369. The Morgan fingerprint density at radius 2 is 2.08 bits per heavy atom. The van der Waals surface area contributed by atoms with Crippen molar-refractivity contribution in [3.63, 3.8) is 0 Å². The maximum absolute atomic E-state index is 15.2. The molecule has 1 aromatic heterocycles. The third-order valence-electron chi connectivity index (χ3n) is 4.28. The van der Waals surface area contributed by atoms with Crippen LogP contribution in [0.25, 0.3) is 10.9 Å². The number of anilines is 1. The molecular weight excluding hydrogens is 333 g/mol. The molecule has 1 aliphatic heterocycles. The Morgan fingerprint density at radius 1 is 1.32 bits per heavy atom. The first kappa shape index (κ1) is 18.0. The largest absolute Gasteiger partial charge is 0.375 e. The standard InChI is InChI=1S/C19H26FN3OSi/c1-22(2)16-12-14(9-11-25(3,4)5)15-13-21-23(19(15)18(16)20)17-8-6-7-10-24-17/h12-13,17H,6-8,10H2,1-5H3. The van der Waals surface area contributed by atoms with Crippen LogP contribution in [-0.4, -0.2) is 38.6 Å². The molecule has 0 aliphatic carbocycles. The van der Waals surface area contributed by atoms with Crippen LogP contribution in [0.15, 0.2) is 12.3 Å². The molecule has 4 nitrogen and oxygen atoms in total. The molecule has 6 heteroatoms. The van der Waals surface area contributed by atoms with E-state index in [9.17, 15) is 0 Å². The molecular formula is C19H26FN3OSi. The van der Waals surface area contributed by atoms with E-state index in [0.29, 0.717) is 17.8 Å². The Hall–Kier alpha value is -1.84. The molecule has 1 unspecified atom stereocenters. The van der Waals surface area contributed by atoms with Crippen molar-refractivity contribution in [2.75, 3.05) is 25.6 Å². The molecule has 0 N–H and O–H groups in total. The molecule has 2 aromatic rings. The number of fused-ring (bicyclic) bond motifs is 1. The fourth-order valence-corrected chi connectivity index (χ4v) is 3.51. The van der Waals surface area contributed by atoms with E-state index < -0.39 is 8.07 Å². The van der Waals surface area contributed by atoms with Gasteiger partial charge in [-0.1, -0.05) is 25.6 Å². The van der Waals surface area contributed by atoms with Crippen LogP contribution in [0, 0.1) is 17.3 Å². The third kappa shape index (κ3) is 3.73. The topological polar surface area (TPSA) is 30.3 Å². The van der Waals surface area contributed by atoms with Gasteiger partial charge in [0.25, 0.3) is 0 Å². The summed E-state index contributed by atoms with van der Waals surface area (Å²) in [7, 11) is 2.16. The van der Waals surface area contributed by atoms with Crippen LogP contribution in [0.5, 0.6) is 0 Å². The van der Waals surface area contributed by atoms with Crippen molar-refractivity contribution in [3.05, 3.63) is 23.6 Å². The molecule has 1 aromatic carbocycles. The summed E-state index contributed by atoms with van der Waals surface area (Å²) in [5, 5.41) is 5.23. The van der Waals surface area contributed by atoms with Crippen LogP contribution in [0.4, 0.5) is 10.1 Å². The molecule has 0 saturated carbocycles. The van der Waals surface area contributed by atoms with Gasteiger partial charge in [0.1, 0.15) is 13.6 Å². The summed E-state index contributed by atoms with van der Waals surface area (Å²) in [4.78, 5) is 1.79. The van der Waals surface area contributed by atoms with Crippen molar-refractivity contribution in [1.29, 1.82) is 0 Å². The van der Waals surface area contributed by atoms with Gasteiger partial charge >= 0.3 is 0 Å². The first-order valence-electron chi connectivity index (χ1n) is 8.80. The van der Waals surface area contributed by atoms with Gasteiger partial charge in [-0.05, 0) is 25.3 Å². The summed E-state index contributed by atoms with van der Waals surface area (Å²) >= 11 is 0. The zero-order chi connectivity index (χ0) is 18.2. The van der Waals surface area contributed by atoms with Gasteiger partial charge in [-0.25, -0.2) is 9.07 Å². The molecule has 1 saturated heterocycles. The van der Waals surface area contributed by atoms with Gasteiger partial charge in [-0.15, -0.1) is 5.54 Å². The zero-order valence-corrected chi connectivity index (χ0v) is 16.7. The third-order valence-corrected chi connectivity index (χ3v) is 5.16. The van der Waals surface area contributed by atoms with Crippen molar-refractivity contribution in [1.82, 2.24) is 9.78 Å². The average Bonchev–Trinajstić information content (AvgIpc) is 2.99. The predicted molar refractivity (Wildman–Crippen MR) is 103 cm³/mol. The Morgan fingerprint density at radius 3 is 2.68 bits per heavy atom. The van der Waals surface area contributed by atoms with Crippen molar-refractivity contribution in [2.24, 2.45) is 0 Å². The van der Waals surface area contributed by atoms with E-state index in [1.165, 1.54) is 0 Å². The second-order valence-corrected chi connectivity index (χ2v) is 12.6. The smallest absolute Gasteiger partial charge is 0.172 e. The number of ether oxygens (including phenoxy) is 1. The quantitative estimate of drug-likeness (QED) is 0.595. The molecule has 134 valence electrons. The first-order chi connectivity index (χ1) is 11.8. The summed E-state index contributed by atoms with van der Waals surface area (Å²) in [5.41, 5.74) is 5.25. The molecule has 2 heterocycles. The number of halogens is 1. The van der Waals surface area contributed by atoms with E-state index in [1.54, 1.807) is 15.8 Å². The van der Waals surface area contributed by atoms with Crippen LogP contribution < -0.4 is 4.90 Å². The van der Waals surface area contributed by atoms with E-state index >= 15 is 4.39 Å². The van der Waals surface area contributed by atoms with E-state index in [4.69, 9.17) is 4.74 Å². The number of aromatic nitrogens is 2. The lowest BCUT2D eigenvalue weighted by atomic mass is 10.1. The normalized spacial score (nSPS) is 18.1. The van der Waals surface area contributed by atoms with Gasteiger partial charge in [-0.2, -0.15) is 5.10 Å². The molecule has 0 amide bonds. The first-order valence-corrected chi connectivity index (χ1v) is 12.3. The van der Waals surface area contributed by atoms with E-state index in [0.717, 1.165) is 30.2 Å². The Kier molecular flexibility index (Phi) is 4.89. The highest BCUT2D eigenvalue weighted by Crippen LogP contribution is 2.33. The second-order valence-electron chi connectivity index (χ2n) is 7.82. The Bertz CT molecular complexity index is 836. The number of nitrogens with zero attached hydrogens (tertiary/aromatic N) is 3. The predicted octanol–water partition coefficient (Wildman–Crippen LogP) is 4.17. The minimum absolute atomic E-state index is 0.198. The monoisotopic (exact) mass is 359 g/mol. The van der Waals surface area contributed by atoms with E-state index in [2.05, 4.69) is 36.2 Å². The van der Waals surface area contributed by atoms with Gasteiger partial charge in [0.2, 0.25) is 0 Å². The van der Waals surface area contributed by atoms with Crippen LogP contribution in [0.1, 0.15) is 31.1 Å². The van der Waals surface area contributed by atoms with Crippen LogP contribution in [0.2, 0.25) is 19.6 Å². The van der Waals surface area contributed by atoms with Crippen molar-refractivity contribution < 1.29 is 9.13 Å². The minimum atomic E-state index is -1.53. The molecule has 1 atom stereocenters. The fourth-order valence-electron chi connectivity index (χ4n) is 3.00. The number of hydrogen-bond acceptors (Lipinski definition) is 3. The highest BCUT2D eigenvalue weighted by Gasteiger charge is 2.24. The van der Waals surface area contributed by atoms with Gasteiger partial charge in [-0.3, -0.25) is 0 Å². The highest BCUT2D eigenvalue weighted by atomic mass is 28.3. The fraction of sp³-hybridized carbons (Fsp3) is 0.526. The van der Waals surface area contributed by atoms with E-state index in [1.807, 2.05) is 20.2 Å². The molecule has 3 rings (SSSR count). The zero-order valence-electron chi connectivity index (χ0n) is 15.7. The molecule has 25 heavy (non-hydrogen) atoms. The number of benzene rings is 1. The molecule has 0 radical (unpaired) electrons. The van der Waals surface area contributed by atoms with Gasteiger partial charge in [0, 0.05) is 31.7 Å². The molecule has 0 spiro atoms. The lowest BCUT2D eigenvalue weighted by Gasteiger charge is -2.24. The van der Waals surface area contributed by atoms with Crippen molar-refractivity contribution >= 4 is 24.7 Å². The maximum Gasteiger partial charge on any atom is 0.172 e. The molecule has 1 aliphatic rings. The Labute approximate surface area is 150 Å². The SMILES string of the molecule is CN(C)c1cc(C#C[Si](C)(C)C)c2cnn(C3CCCCO3)c2c1F. The maximum atomic E-state index is 15.2. The average molecular weight is 360 g/mol.